The maximum absolute atomic E-state index is 5.63. The van der Waals surface area contributed by atoms with Gasteiger partial charge in [-0.15, -0.1) is 11.6 Å². The van der Waals surface area contributed by atoms with Crippen LogP contribution in [0.3, 0.4) is 0 Å². The molecule has 3 N–H and O–H groups in total. The molecule has 0 aliphatic heterocycles. The molecular formula is C7H17ClN2. The Balaban J connectivity index is 3.63. The van der Waals surface area contributed by atoms with E-state index in [0.29, 0.717) is 12.4 Å². The molecule has 0 spiro atoms. The summed E-state index contributed by atoms with van der Waals surface area (Å²) in [5, 5.41) is 3.30. The van der Waals surface area contributed by atoms with Crippen molar-refractivity contribution in [3.05, 3.63) is 0 Å². The summed E-state index contributed by atoms with van der Waals surface area (Å²) in [6.07, 6.45) is 0. The van der Waals surface area contributed by atoms with Crippen LogP contribution in [-0.4, -0.2) is 24.0 Å². The van der Waals surface area contributed by atoms with Gasteiger partial charge in [-0.2, -0.15) is 0 Å². The second-order valence-corrected chi connectivity index (χ2v) is 3.79. The predicted octanol–water partition coefficient (Wildman–Crippen LogP) is 0.941. The second kappa shape index (κ2) is 4.16. The van der Waals surface area contributed by atoms with Gasteiger partial charge in [-0.25, -0.2) is 0 Å². The molecule has 62 valence electrons. The van der Waals surface area contributed by atoms with Crippen LogP contribution in [0, 0.1) is 0 Å². The SMILES string of the molecule is CC(C)(C)NC(CN)CCl. The van der Waals surface area contributed by atoms with E-state index in [1.165, 1.54) is 0 Å². The number of hydrogen-bond donors (Lipinski definition) is 2. The fourth-order valence-corrected chi connectivity index (χ4v) is 0.976. The van der Waals surface area contributed by atoms with E-state index >= 15 is 0 Å². The molecular weight excluding hydrogens is 148 g/mol. The summed E-state index contributed by atoms with van der Waals surface area (Å²) in [4.78, 5) is 0. The van der Waals surface area contributed by atoms with Gasteiger partial charge < -0.3 is 11.1 Å². The standard InChI is InChI=1S/C7H17ClN2/c1-7(2,3)10-6(4-8)5-9/h6,10H,4-5,9H2,1-3H3. The summed E-state index contributed by atoms with van der Waals surface area (Å²) in [6, 6.07) is 0.238. The average Bonchev–Trinajstić information content (AvgIpc) is 1.81. The molecule has 10 heavy (non-hydrogen) atoms. The van der Waals surface area contributed by atoms with Gasteiger partial charge in [0.15, 0.2) is 0 Å². The minimum Gasteiger partial charge on any atom is -0.329 e. The zero-order chi connectivity index (χ0) is 8.20. The highest BCUT2D eigenvalue weighted by Gasteiger charge is 2.14. The third-order valence-corrected chi connectivity index (χ3v) is 1.48. The van der Waals surface area contributed by atoms with Crippen LogP contribution in [0.1, 0.15) is 20.8 Å². The van der Waals surface area contributed by atoms with Gasteiger partial charge in [0.25, 0.3) is 0 Å². The first-order valence-electron chi connectivity index (χ1n) is 3.53. The van der Waals surface area contributed by atoms with Crippen LogP contribution in [0.4, 0.5) is 0 Å². The average molecular weight is 165 g/mol. The maximum Gasteiger partial charge on any atom is 0.0389 e. The Kier molecular flexibility index (Phi) is 4.25. The van der Waals surface area contributed by atoms with Crippen molar-refractivity contribution in [2.45, 2.75) is 32.4 Å². The molecule has 0 heterocycles. The lowest BCUT2D eigenvalue weighted by molar-refractivity contribution is 0.378. The molecule has 0 aromatic carbocycles. The molecule has 0 aromatic heterocycles. The first-order chi connectivity index (χ1) is 4.49. The highest BCUT2D eigenvalue weighted by Crippen LogP contribution is 2.01. The normalized spacial score (nSPS) is 15.3. The van der Waals surface area contributed by atoms with E-state index < -0.39 is 0 Å². The molecule has 0 saturated carbocycles. The van der Waals surface area contributed by atoms with Crippen LogP contribution in [0.5, 0.6) is 0 Å². The van der Waals surface area contributed by atoms with Gasteiger partial charge >= 0.3 is 0 Å². The zero-order valence-electron chi connectivity index (χ0n) is 6.95. The quantitative estimate of drug-likeness (QED) is 0.610. The number of halogens is 1. The molecule has 0 aliphatic rings. The molecule has 3 heteroatoms. The van der Waals surface area contributed by atoms with E-state index in [1.807, 2.05) is 0 Å². The Hall–Kier alpha value is 0.210. The first kappa shape index (κ1) is 10.2. The zero-order valence-corrected chi connectivity index (χ0v) is 7.70. The van der Waals surface area contributed by atoms with Crippen LogP contribution in [0.15, 0.2) is 0 Å². The predicted molar refractivity (Wildman–Crippen MR) is 46.5 cm³/mol. The van der Waals surface area contributed by atoms with Crippen LogP contribution in [-0.2, 0) is 0 Å². The fourth-order valence-electron chi connectivity index (χ4n) is 0.773. The largest absolute Gasteiger partial charge is 0.329 e. The van der Waals surface area contributed by atoms with Crippen LogP contribution in [0.25, 0.3) is 0 Å². The van der Waals surface area contributed by atoms with Crippen molar-refractivity contribution in [3.8, 4) is 0 Å². The van der Waals surface area contributed by atoms with Gasteiger partial charge in [0, 0.05) is 24.0 Å². The lowest BCUT2D eigenvalue weighted by atomic mass is 10.1. The van der Waals surface area contributed by atoms with Gasteiger partial charge in [-0.05, 0) is 20.8 Å². The molecule has 2 nitrogen and oxygen atoms in total. The third kappa shape index (κ3) is 5.03. The summed E-state index contributed by atoms with van der Waals surface area (Å²) < 4.78 is 0. The summed E-state index contributed by atoms with van der Waals surface area (Å²) in [5.41, 5.74) is 5.55. The number of nitrogens with one attached hydrogen (secondary N) is 1. The summed E-state index contributed by atoms with van der Waals surface area (Å²) >= 11 is 5.63. The van der Waals surface area contributed by atoms with Gasteiger partial charge in [0.1, 0.15) is 0 Å². The topological polar surface area (TPSA) is 38.0 Å². The Labute approximate surface area is 68.1 Å². The molecule has 0 bridgehead atoms. The van der Waals surface area contributed by atoms with Crippen molar-refractivity contribution in [3.63, 3.8) is 0 Å². The third-order valence-electron chi connectivity index (χ3n) is 1.11. The van der Waals surface area contributed by atoms with E-state index in [9.17, 15) is 0 Å². The minimum absolute atomic E-state index is 0.110. The Morgan fingerprint density at radius 3 is 2.10 bits per heavy atom. The van der Waals surface area contributed by atoms with E-state index in [-0.39, 0.29) is 11.6 Å². The van der Waals surface area contributed by atoms with E-state index in [1.54, 1.807) is 0 Å². The van der Waals surface area contributed by atoms with Crippen LogP contribution >= 0.6 is 11.6 Å². The lowest BCUT2D eigenvalue weighted by Crippen LogP contribution is -2.48. The van der Waals surface area contributed by atoms with Crippen molar-refractivity contribution in [1.82, 2.24) is 5.32 Å². The van der Waals surface area contributed by atoms with Gasteiger partial charge in [0.05, 0.1) is 0 Å². The number of hydrogen-bond acceptors (Lipinski definition) is 2. The highest BCUT2D eigenvalue weighted by atomic mass is 35.5. The molecule has 0 aliphatic carbocycles. The van der Waals surface area contributed by atoms with Crippen molar-refractivity contribution >= 4 is 11.6 Å². The summed E-state index contributed by atoms with van der Waals surface area (Å²) in [6.45, 7) is 6.90. The maximum atomic E-state index is 5.63. The van der Waals surface area contributed by atoms with E-state index in [4.69, 9.17) is 17.3 Å². The number of rotatable bonds is 3. The summed E-state index contributed by atoms with van der Waals surface area (Å²) in [5.74, 6) is 0.577. The van der Waals surface area contributed by atoms with Gasteiger partial charge in [-0.3, -0.25) is 0 Å². The molecule has 1 unspecified atom stereocenters. The lowest BCUT2D eigenvalue weighted by Gasteiger charge is -2.26. The van der Waals surface area contributed by atoms with Crippen molar-refractivity contribution in [2.75, 3.05) is 12.4 Å². The van der Waals surface area contributed by atoms with E-state index in [2.05, 4.69) is 26.1 Å². The molecule has 0 amide bonds. The molecule has 0 fully saturated rings. The monoisotopic (exact) mass is 164 g/mol. The number of nitrogens with two attached hydrogens (primary N) is 1. The van der Waals surface area contributed by atoms with Crippen molar-refractivity contribution < 1.29 is 0 Å². The molecule has 0 saturated heterocycles. The van der Waals surface area contributed by atoms with Crippen LogP contribution in [0.2, 0.25) is 0 Å². The Morgan fingerprint density at radius 2 is 2.00 bits per heavy atom. The van der Waals surface area contributed by atoms with Gasteiger partial charge in [0.2, 0.25) is 0 Å². The van der Waals surface area contributed by atoms with Gasteiger partial charge in [-0.1, -0.05) is 0 Å². The summed E-state index contributed by atoms with van der Waals surface area (Å²) in [7, 11) is 0. The second-order valence-electron chi connectivity index (χ2n) is 3.48. The molecule has 1 atom stereocenters. The highest BCUT2D eigenvalue weighted by molar-refractivity contribution is 6.18. The van der Waals surface area contributed by atoms with E-state index in [0.717, 1.165) is 0 Å². The van der Waals surface area contributed by atoms with Crippen molar-refractivity contribution in [2.24, 2.45) is 5.73 Å². The fraction of sp³-hybridized carbons (Fsp3) is 1.00. The number of alkyl halides is 1. The molecule has 0 aromatic rings. The smallest absolute Gasteiger partial charge is 0.0389 e. The Bertz CT molecular complexity index is 84.1. The molecule has 0 rings (SSSR count). The Morgan fingerprint density at radius 1 is 1.50 bits per heavy atom. The van der Waals surface area contributed by atoms with Crippen molar-refractivity contribution in [1.29, 1.82) is 0 Å². The minimum atomic E-state index is 0.110. The first-order valence-corrected chi connectivity index (χ1v) is 4.07. The molecule has 0 radical (unpaired) electrons. The van der Waals surface area contributed by atoms with Crippen LogP contribution < -0.4 is 11.1 Å².